The lowest BCUT2D eigenvalue weighted by atomic mass is 9.87. The van der Waals surface area contributed by atoms with E-state index in [1.54, 1.807) is 36.2 Å². The molecule has 0 saturated carbocycles. The minimum Gasteiger partial charge on any atom is -0.337 e. The van der Waals surface area contributed by atoms with Gasteiger partial charge in [0.15, 0.2) is 0 Å². The zero-order chi connectivity index (χ0) is 26.1. The van der Waals surface area contributed by atoms with E-state index in [2.05, 4.69) is 43.0 Å². The molecule has 1 aliphatic heterocycles. The SMILES string of the molecule is Cc1ccc(S(=O)(=O)N2CCC(C(=O)N(C)Cc3nc(-c4ccc(C(C)(C)C)cc4)no3)CC2)cc1. The summed E-state index contributed by atoms with van der Waals surface area (Å²) in [5.41, 5.74) is 3.14. The molecule has 0 spiro atoms. The summed E-state index contributed by atoms with van der Waals surface area (Å²) >= 11 is 0. The molecule has 1 aromatic heterocycles. The molecule has 0 bridgehead atoms. The monoisotopic (exact) mass is 510 g/mol. The van der Waals surface area contributed by atoms with Crippen molar-refractivity contribution in [3.05, 3.63) is 65.5 Å². The van der Waals surface area contributed by atoms with Crippen LogP contribution >= 0.6 is 0 Å². The number of aryl methyl sites for hydroxylation is 1. The van der Waals surface area contributed by atoms with E-state index in [4.69, 9.17) is 4.52 Å². The normalized spacial score (nSPS) is 15.7. The highest BCUT2D eigenvalue weighted by atomic mass is 32.2. The lowest BCUT2D eigenvalue weighted by molar-refractivity contribution is -0.136. The Hall–Kier alpha value is -3.04. The van der Waals surface area contributed by atoms with Gasteiger partial charge in [0.1, 0.15) is 0 Å². The quantitative estimate of drug-likeness (QED) is 0.488. The number of rotatable bonds is 6. The van der Waals surface area contributed by atoms with Crippen molar-refractivity contribution in [1.82, 2.24) is 19.3 Å². The van der Waals surface area contributed by atoms with Crippen molar-refractivity contribution in [2.45, 2.75) is 57.4 Å². The van der Waals surface area contributed by atoms with Crippen LogP contribution in [0.5, 0.6) is 0 Å². The number of piperidine rings is 1. The van der Waals surface area contributed by atoms with Crippen LogP contribution in [0.25, 0.3) is 11.4 Å². The Kier molecular flexibility index (Phi) is 7.33. The van der Waals surface area contributed by atoms with Crippen LogP contribution in [0, 0.1) is 12.8 Å². The summed E-state index contributed by atoms with van der Waals surface area (Å²) in [6.07, 6.45) is 0.951. The number of carbonyl (C=O) groups is 1. The van der Waals surface area contributed by atoms with E-state index >= 15 is 0 Å². The smallest absolute Gasteiger partial charge is 0.246 e. The van der Waals surface area contributed by atoms with E-state index in [-0.39, 0.29) is 28.7 Å². The number of benzene rings is 2. The van der Waals surface area contributed by atoms with Gasteiger partial charge in [0.25, 0.3) is 0 Å². The van der Waals surface area contributed by atoms with Crippen LogP contribution in [0.15, 0.2) is 57.9 Å². The third-order valence-corrected chi connectivity index (χ3v) is 8.60. The van der Waals surface area contributed by atoms with Crippen LogP contribution in [-0.2, 0) is 26.8 Å². The first-order valence-electron chi connectivity index (χ1n) is 12.2. The maximum Gasteiger partial charge on any atom is 0.246 e. The minimum absolute atomic E-state index is 0.0448. The molecular weight excluding hydrogens is 476 g/mol. The van der Waals surface area contributed by atoms with Crippen molar-refractivity contribution >= 4 is 15.9 Å². The molecule has 1 saturated heterocycles. The number of hydrogen-bond donors (Lipinski definition) is 0. The van der Waals surface area contributed by atoms with E-state index in [0.29, 0.717) is 37.6 Å². The molecule has 2 aromatic carbocycles. The molecule has 0 radical (unpaired) electrons. The Morgan fingerprint density at radius 3 is 2.25 bits per heavy atom. The molecule has 1 amide bonds. The van der Waals surface area contributed by atoms with E-state index in [9.17, 15) is 13.2 Å². The Labute approximate surface area is 213 Å². The maximum atomic E-state index is 13.0. The minimum atomic E-state index is -3.56. The Bertz CT molecular complexity index is 1300. The summed E-state index contributed by atoms with van der Waals surface area (Å²) in [6.45, 7) is 9.24. The summed E-state index contributed by atoms with van der Waals surface area (Å²) < 4.78 is 32.7. The third kappa shape index (κ3) is 5.68. The lowest BCUT2D eigenvalue weighted by Gasteiger charge is -2.32. The van der Waals surface area contributed by atoms with Crippen LogP contribution < -0.4 is 0 Å². The van der Waals surface area contributed by atoms with Gasteiger partial charge in [0, 0.05) is 31.6 Å². The van der Waals surface area contributed by atoms with Crippen molar-refractivity contribution < 1.29 is 17.7 Å². The van der Waals surface area contributed by atoms with Gasteiger partial charge in [-0.05, 0) is 42.9 Å². The van der Waals surface area contributed by atoms with Crippen LogP contribution in [-0.4, -0.2) is 53.8 Å². The van der Waals surface area contributed by atoms with Gasteiger partial charge < -0.3 is 9.42 Å². The molecule has 0 atom stereocenters. The van der Waals surface area contributed by atoms with Crippen molar-refractivity contribution in [3.8, 4) is 11.4 Å². The molecule has 9 heteroatoms. The average Bonchev–Trinajstić information content (AvgIpc) is 3.32. The van der Waals surface area contributed by atoms with Crippen LogP contribution in [0.3, 0.4) is 0 Å². The molecule has 4 rings (SSSR count). The molecule has 3 aromatic rings. The topological polar surface area (TPSA) is 96.6 Å². The molecule has 1 fully saturated rings. The summed E-state index contributed by atoms with van der Waals surface area (Å²) in [4.78, 5) is 19.4. The molecule has 2 heterocycles. The number of sulfonamides is 1. The molecule has 8 nitrogen and oxygen atoms in total. The van der Waals surface area contributed by atoms with Gasteiger partial charge in [0.05, 0.1) is 11.4 Å². The van der Waals surface area contributed by atoms with Gasteiger partial charge in [-0.3, -0.25) is 4.79 Å². The fourth-order valence-electron chi connectivity index (χ4n) is 4.35. The zero-order valence-corrected chi connectivity index (χ0v) is 22.4. The van der Waals surface area contributed by atoms with Gasteiger partial charge in [-0.25, -0.2) is 8.42 Å². The van der Waals surface area contributed by atoms with Crippen molar-refractivity contribution in [3.63, 3.8) is 0 Å². The number of aromatic nitrogens is 2. The standard InChI is InChI=1S/C27H34N4O4S/c1-19-6-12-23(13-7-19)36(33,34)31-16-14-21(15-17-31)26(32)30(5)18-24-28-25(29-35-24)20-8-10-22(11-9-20)27(2,3)4/h6-13,21H,14-18H2,1-5H3. The molecule has 0 N–H and O–H groups in total. The van der Waals surface area contributed by atoms with E-state index in [0.717, 1.165) is 11.1 Å². The van der Waals surface area contributed by atoms with Crippen LogP contribution in [0.2, 0.25) is 0 Å². The van der Waals surface area contributed by atoms with E-state index in [1.165, 1.54) is 9.87 Å². The molecular formula is C27H34N4O4S. The lowest BCUT2D eigenvalue weighted by Crippen LogP contribution is -2.43. The average molecular weight is 511 g/mol. The number of amides is 1. The number of nitrogens with zero attached hydrogens (tertiary/aromatic N) is 4. The highest BCUT2D eigenvalue weighted by Crippen LogP contribution is 2.27. The van der Waals surface area contributed by atoms with Crippen LogP contribution in [0.1, 0.15) is 50.6 Å². The first kappa shape index (κ1) is 26.0. The van der Waals surface area contributed by atoms with Crippen molar-refractivity contribution in [1.29, 1.82) is 0 Å². The Morgan fingerprint density at radius 2 is 1.67 bits per heavy atom. The zero-order valence-electron chi connectivity index (χ0n) is 21.6. The molecule has 1 aliphatic rings. The Balaban J connectivity index is 1.33. The first-order chi connectivity index (χ1) is 16.9. The second-order valence-electron chi connectivity index (χ2n) is 10.5. The second kappa shape index (κ2) is 10.1. The second-order valence-corrected chi connectivity index (χ2v) is 12.5. The summed E-state index contributed by atoms with van der Waals surface area (Å²) in [6, 6.07) is 14.9. The van der Waals surface area contributed by atoms with E-state index < -0.39 is 10.0 Å². The summed E-state index contributed by atoms with van der Waals surface area (Å²) in [7, 11) is -1.85. The predicted octanol–water partition coefficient (Wildman–Crippen LogP) is 4.40. The maximum absolute atomic E-state index is 13.0. The van der Waals surface area contributed by atoms with Gasteiger partial charge in [-0.1, -0.05) is 67.9 Å². The van der Waals surface area contributed by atoms with Crippen molar-refractivity contribution in [2.24, 2.45) is 5.92 Å². The highest BCUT2D eigenvalue weighted by Gasteiger charge is 2.33. The van der Waals surface area contributed by atoms with Crippen molar-refractivity contribution in [2.75, 3.05) is 20.1 Å². The molecule has 0 unspecified atom stereocenters. The van der Waals surface area contributed by atoms with E-state index in [1.807, 2.05) is 19.1 Å². The van der Waals surface area contributed by atoms with Gasteiger partial charge in [0.2, 0.25) is 27.6 Å². The largest absolute Gasteiger partial charge is 0.337 e. The van der Waals surface area contributed by atoms with Gasteiger partial charge >= 0.3 is 0 Å². The fraction of sp³-hybridized carbons (Fsp3) is 0.444. The highest BCUT2D eigenvalue weighted by molar-refractivity contribution is 7.89. The molecule has 0 aliphatic carbocycles. The summed E-state index contributed by atoms with van der Waals surface area (Å²) in [5, 5.41) is 4.08. The third-order valence-electron chi connectivity index (χ3n) is 6.69. The van der Waals surface area contributed by atoms with Gasteiger partial charge in [-0.15, -0.1) is 0 Å². The number of hydrogen-bond acceptors (Lipinski definition) is 6. The number of carbonyl (C=O) groups excluding carboxylic acids is 1. The molecule has 192 valence electrons. The molecule has 36 heavy (non-hydrogen) atoms. The first-order valence-corrected chi connectivity index (χ1v) is 13.6. The Morgan fingerprint density at radius 1 is 1.06 bits per heavy atom. The van der Waals surface area contributed by atoms with Crippen LogP contribution in [0.4, 0.5) is 0 Å². The summed E-state index contributed by atoms with van der Waals surface area (Å²) in [5.74, 6) is 0.560. The van der Waals surface area contributed by atoms with Gasteiger partial charge in [-0.2, -0.15) is 9.29 Å². The fourth-order valence-corrected chi connectivity index (χ4v) is 5.82. The predicted molar refractivity (Wildman–Crippen MR) is 138 cm³/mol.